The van der Waals surface area contributed by atoms with Crippen LogP contribution in [-0.2, 0) is 14.8 Å². The zero-order valence-corrected chi connectivity index (χ0v) is 13.6. The van der Waals surface area contributed by atoms with Gasteiger partial charge in [0, 0.05) is 0 Å². The molecule has 5 nitrogen and oxygen atoms in total. The van der Waals surface area contributed by atoms with Gasteiger partial charge in [-0.15, -0.1) is 0 Å². The minimum atomic E-state index is -4.00. The van der Waals surface area contributed by atoms with Crippen LogP contribution in [0.15, 0.2) is 23.1 Å². The Kier molecular flexibility index (Phi) is 6.60. The molecular weight excluding hydrogens is 345 g/mol. The highest BCUT2D eigenvalue weighted by Gasteiger charge is 2.21. The van der Waals surface area contributed by atoms with Crippen LogP contribution in [0.3, 0.4) is 0 Å². The van der Waals surface area contributed by atoms with Crippen molar-refractivity contribution in [1.82, 2.24) is 4.72 Å². The Morgan fingerprint density at radius 3 is 2.55 bits per heavy atom. The lowest BCUT2D eigenvalue weighted by Gasteiger charge is -2.19. The van der Waals surface area contributed by atoms with Crippen LogP contribution in [0, 0.1) is 0 Å². The maximum atomic E-state index is 12.1. The van der Waals surface area contributed by atoms with Crippen molar-refractivity contribution in [2.45, 2.75) is 17.4 Å². The van der Waals surface area contributed by atoms with Crippen LogP contribution in [0.5, 0.6) is 0 Å². The van der Waals surface area contributed by atoms with Crippen molar-refractivity contribution in [3.8, 4) is 0 Å². The van der Waals surface area contributed by atoms with Gasteiger partial charge in [0.15, 0.2) is 0 Å². The first-order valence-electron chi connectivity index (χ1n) is 5.45. The molecule has 0 spiro atoms. The fourth-order valence-corrected chi connectivity index (χ4v) is 3.44. The molecule has 1 N–H and O–H groups in total. The van der Waals surface area contributed by atoms with Crippen molar-refractivity contribution in [2.75, 3.05) is 12.0 Å². The molecule has 0 fully saturated rings. The first-order valence-corrected chi connectivity index (χ1v) is 9.08. The predicted octanol–water partition coefficient (Wildman–Crippen LogP) is 1.14. The predicted molar refractivity (Wildman–Crippen MR) is 78.6 cm³/mol. The van der Waals surface area contributed by atoms with Crippen LogP contribution in [-0.4, -0.2) is 32.4 Å². The lowest BCUT2D eigenvalue weighted by atomic mass is 10.2. The van der Waals surface area contributed by atoms with Crippen LogP contribution in [0.4, 0.5) is 0 Å². The Hall–Kier alpha value is -0.470. The van der Waals surface area contributed by atoms with E-state index in [9.17, 15) is 18.3 Å². The SMILES string of the molecule is CSCC[C@H](NS(=O)(=O)c1ccc(Cl)c(Cl)c1)C(=O)[O-]. The molecule has 0 saturated carbocycles. The van der Waals surface area contributed by atoms with E-state index >= 15 is 0 Å². The monoisotopic (exact) mass is 356 g/mol. The van der Waals surface area contributed by atoms with E-state index in [4.69, 9.17) is 23.2 Å². The fourth-order valence-electron chi connectivity index (χ4n) is 1.36. The number of hydrogen-bond acceptors (Lipinski definition) is 5. The lowest BCUT2D eigenvalue weighted by molar-refractivity contribution is -0.308. The highest BCUT2D eigenvalue weighted by Crippen LogP contribution is 2.24. The van der Waals surface area contributed by atoms with Crippen molar-refractivity contribution in [2.24, 2.45) is 0 Å². The number of nitrogens with one attached hydrogen (secondary N) is 1. The van der Waals surface area contributed by atoms with Gasteiger partial charge in [-0.05, 0) is 36.6 Å². The van der Waals surface area contributed by atoms with E-state index in [0.717, 1.165) is 6.07 Å². The van der Waals surface area contributed by atoms with E-state index in [1.807, 2.05) is 0 Å². The van der Waals surface area contributed by atoms with Gasteiger partial charge in [-0.3, -0.25) is 0 Å². The average molecular weight is 357 g/mol. The highest BCUT2D eigenvalue weighted by molar-refractivity contribution is 7.98. The number of aliphatic carboxylic acids is 1. The zero-order valence-electron chi connectivity index (χ0n) is 10.4. The summed E-state index contributed by atoms with van der Waals surface area (Å²) in [6.45, 7) is 0. The second-order valence-corrected chi connectivity index (χ2v) is 7.36. The Morgan fingerprint density at radius 2 is 2.05 bits per heavy atom. The molecule has 0 aliphatic heterocycles. The van der Waals surface area contributed by atoms with E-state index in [1.54, 1.807) is 6.26 Å². The Morgan fingerprint density at radius 1 is 1.40 bits per heavy atom. The first-order chi connectivity index (χ1) is 9.27. The van der Waals surface area contributed by atoms with Crippen LogP contribution in [0.1, 0.15) is 6.42 Å². The van der Waals surface area contributed by atoms with Gasteiger partial charge in [0.25, 0.3) is 0 Å². The molecule has 1 aromatic rings. The van der Waals surface area contributed by atoms with E-state index < -0.39 is 22.0 Å². The maximum Gasteiger partial charge on any atom is 0.241 e. The number of hydrogen-bond donors (Lipinski definition) is 1. The molecule has 0 unspecified atom stereocenters. The van der Waals surface area contributed by atoms with Crippen molar-refractivity contribution in [3.05, 3.63) is 28.2 Å². The zero-order chi connectivity index (χ0) is 15.3. The molecule has 20 heavy (non-hydrogen) atoms. The number of rotatable bonds is 7. The lowest BCUT2D eigenvalue weighted by Crippen LogP contribution is -2.48. The van der Waals surface area contributed by atoms with Gasteiger partial charge < -0.3 is 9.90 Å². The van der Waals surface area contributed by atoms with E-state index in [2.05, 4.69) is 4.72 Å². The summed E-state index contributed by atoms with van der Waals surface area (Å²) in [6, 6.07) is 2.45. The number of carbonyl (C=O) groups excluding carboxylic acids is 1. The summed E-state index contributed by atoms with van der Waals surface area (Å²) in [4.78, 5) is 10.8. The van der Waals surface area contributed by atoms with Crippen LogP contribution in [0.25, 0.3) is 0 Å². The van der Waals surface area contributed by atoms with Crippen LogP contribution < -0.4 is 9.83 Å². The Bertz CT molecular complexity index is 592. The van der Waals surface area contributed by atoms with Crippen molar-refractivity contribution >= 4 is 51.0 Å². The summed E-state index contributed by atoms with van der Waals surface area (Å²) >= 11 is 12.9. The van der Waals surface area contributed by atoms with E-state index in [-0.39, 0.29) is 21.4 Å². The molecule has 112 valence electrons. The Labute approximate surface area is 131 Å². The topological polar surface area (TPSA) is 86.3 Å². The summed E-state index contributed by atoms with van der Waals surface area (Å²) in [5, 5.41) is 11.2. The summed E-state index contributed by atoms with van der Waals surface area (Å²) < 4.78 is 26.2. The molecule has 0 amide bonds. The van der Waals surface area contributed by atoms with E-state index in [0.29, 0.717) is 5.75 Å². The minimum Gasteiger partial charge on any atom is -0.548 e. The minimum absolute atomic E-state index is 0.0728. The van der Waals surface area contributed by atoms with Gasteiger partial charge in [-0.2, -0.15) is 11.8 Å². The van der Waals surface area contributed by atoms with Crippen molar-refractivity contribution in [3.63, 3.8) is 0 Å². The largest absolute Gasteiger partial charge is 0.548 e. The third-order valence-electron chi connectivity index (χ3n) is 2.39. The van der Waals surface area contributed by atoms with Gasteiger partial charge in [-0.25, -0.2) is 13.1 Å². The Balaban J connectivity index is 2.97. The van der Waals surface area contributed by atoms with Gasteiger partial charge in [-0.1, -0.05) is 23.2 Å². The third kappa shape index (κ3) is 4.82. The molecular formula is C11H12Cl2NO4S2-. The molecule has 1 rings (SSSR count). The number of carboxylic acids is 1. The molecule has 0 radical (unpaired) electrons. The molecule has 0 aliphatic rings. The number of carbonyl (C=O) groups is 1. The van der Waals surface area contributed by atoms with Crippen LogP contribution in [0.2, 0.25) is 10.0 Å². The quantitative estimate of drug-likeness (QED) is 0.791. The summed E-state index contributed by atoms with van der Waals surface area (Å²) in [7, 11) is -4.00. The smallest absolute Gasteiger partial charge is 0.241 e. The molecule has 0 saturated heterocycles. The summed E-state index contributed by atoms with van der Waals surface area (Å²) in [5.74, 6) is -0.981. The summed E-state index contributed by atoms with van der Waals surface area (Å²) in [6.07, 6.45) is 1.92. The van der Waals surface area contributed by atoms with Crippen molar-refractivity contribution < 1.29 is 18.3 Å². The molecule has 1 atom stereocenters. The summed E-state index contributed by atoms with van der Waals surface area (Å²) in [5.41, 5.74) is 0. The van der Waals surface area contributed by atoms with E-state index in [1.165, 1.54) is 23.9 Å². The first kappa shape index (κ1) is 17.6. The fraction of sp³-hybridized carbons (Fsp3) is 0.364. The second-order valence-electron chi connectivity index (χ2n) is 3.85. The van der Waals surface area contributed by atoms with Gasteiger partial charge in [0.1, 0.15) is 0 Å². The number of carboxylic acid groups (broad SMARTS) is 1. The molecule has 0 aliphatic carbocycles. The van der Waals surface area contributed by atoms with Gasteiger partial charge >= 0.3 is 0 Å². The highest BCUT2D eigenvalue weighted by atomic mass is 35.5. The molecule has 1 aromatic carbocycles. The maximum absolute atomic E-state index is 12.1. The third-order valence-corrected chi connectivity index (χ3v) is 5.25. The van der Waals surface area contributed by atoms with Gasteiger partial charge in [0.05, 0.1) is 27.0 Å². The van der Waals surface area contributed by atoms with Gasteiger partial charge in [0.2, 0.25) is 10.0 Å². The number of thioether (sulfide) groups is 1. The molecule has 0 bridgehead atoms. The molecule has 9 heteroatoms. The van der Waals surface area contributed by atoms with Crippen molar-refractivity contribution in [1.29, 1.82) is 0 Å². The number of sulfonamides is 1. The second kappa shape index (κ2) is 7.51. The average Bonchev–Trinajstić information content (AvgIpc) is 2.37. The molecule has 0 heterocycles. The normalized spacial score (nSPS) is 13.2. The van der Waals surface area contributed by atoms with Crippen LogP contribution >= 0.6 is 35.0 Å². The standard InChI is InChI=1S/C11H13Cl2NO4S2/c1-19-5-4-10(11(15)16)14-20(17,18)7-2-3-8(12)9(13)6-7/h2-3,6,10,14H,4-5H2,1H3,(H,15,16)/p-1/t10-/m0/s1. The molecule has 0 aromatic heterocycles. The number of benzene rings is 1. The number of halogens is 2.